The van der Waals surface area contributed by atoms with E-state index in [4.69, 9.17) is 4.42 Å². The summed E-state index contributed by atoms with van der Waals surface area (Å²) >= 11 is 0. The van der Waals surface area contributed by atoms with Crippen molar-refractivity contribution in [2.45, 2.75) is 45.2 Å². The van der Waals surface area contributed by atoms with Crippen LogP contribution in [0.1, 0.15) is 41.1 Å². The Morgan fingerprint density at radius 2 is 1.96 bits per heavy atom. The van der Waals surface area contributed by atoms with Crippen molar-refractivity contribution in [3.63, 3.8) is 0 Å². The molecule has 23 heavy (non-hydrogen) atoms. The van der Waals surface area contributed by atoms with Gasteiger partial charge in [0.1, 0.15) is 11.5 Å². The summed E-state index contributed by atoms with van der Waals surface area (Å²) in [5.41, 5.74) is 0.604. The van der Waals surface area contributed by atoms with Crippen LogP contribution in [0, 0.1) is 13.8 Å². The van der Waals surface area contributed by atoms with Crippen molar-refractivity contribution in [2.24, 2.45) is 0 Å². The number of rotatable bonds is 3. The zero-order valence-corrected chi connectivity index (χ0v) is 14.5. The van der Waals surface area contributed by atoms with Crippen molar-refractivity contribution in [2.75, 3.05) is 24.6 Å². The van der Waals surface area contributed by atoms with Crippen molar-refractivity contribution in [1.29, 1.82) is 0 Å². The maximum absolute atomic E-state index is 12.3. The average Bonchev–Trinajstić information content (AvgIpc) is 3.01. The molecule has 128 valence electrons. The normalized spacial score (nSPS) is 25.6. The summed E-state index contributed by atoms with van der Waals surface area (Å²) in [4.78, 5) is 14.6. The third kappa shape index (κ3) is 3.77. The molecular weight excluding hydrogens is 316 g/mol. The molecule has 0 aliphatic carbocycles. The number of carbonyl (C=O) groups is 1. The SMILES string of the molecule is Cc1cc(C(=O)NC2CCN(C3CCS(=O)(=O)C3)CC2)c(C)o1. The first-order chi connectivity index (χ1) is 10.8. The van der Waals surface area contributed by atoms with Crippen molar-refractivity contribution >= 4 is 15.7 Å². The second kappa shape index (κ2) is 6.28. The number of piperidine rings is 1. The van der Waals surface area contributed by atoms with Crippen LogP contribution in [0.25, 0.3) is 0 Å². The number of carbonyl (C=O) groups excluding carboxylic acids is 1. The van der Waals surface area contributed by atoms with E-state index >= 15 is 0 Å². The predicted octanol–water partition coefficient (Wildman–Crippen LogP) is 1.28. The molecule has 0 radical (unpaired) electrons. The largest absolute Gasteiger partial charge is 0.466 e. The Balaban J connectivity index is 1.51. The van der Waals surface area contributed by atoms with Crippen LogP contribution in [-0.2, 0) is 9.84 Å². The minimum absolute atomic E-state index is 0.0822. The lowest BCUT2D eigenvalue weighted by atomic mass is 10.0. The fourth-order valence-corrected chi connectivity index (χ4v) is 5.35. The zero-order valence-electron chi connectivity index (χ0n) is 13.7. The smallest absolute Gasteiger partial charge is 0.255 e. The monoisotopic (exact) mass is 340 g/mol. The molecule has 0 saturated carbocycles. The lowest BCUT2D eigenvalue weighted by Gasteiger charge is -2.35. The molecule has 1 atom stereocenters. The van der Waals surface area contributed by atoms with Crippen LogP contribution in [0.5, 0.6) is 0 Å². The zero-order chi connectivity index (χ0) is 16.6. The first-order valence-corrected chi connectivity index (χ1v) is 9.98. The molecule has 1 N–H and O–H groups in total. The van der Waals surface area contributed by atoms with Gasteiger partial charge in [-0.25, -0.2) is 8.42 Å². The number of nitrogens with zero attached hydrogens (tertiary/aromatic N) is 1. The van der Waals surface area contributed by atoms with Gasteiger partial charge in [0.25, 0.3) is 5.91 Å². The van der Waals surface area contributed by atoms with E-state index in [-0.39, 0.29) is 23.7 Å². The third-order valence-electron chi connectivity index (χ3n) is 4.88. The van der Waals surface area contributed by atoms with E-state index in [1.165, 1.54) is 0 Å². The lowest BCUT2D eigenvalue weighted by Crippen LogP contribution is -2.48. The van der Waals surface area contributed by atoms with Gasteiger partial charge < -0.3 is 9.73 Å². The quantitative estimate of drug-likeness (QED) is 0.896. The van der Waals surface area contributed by atoms with Crippen LogP contribution in [-0.4, -0.2) is 55.9 Å². The highest BCUT2D eigenvalue weighted by atomic mass is 32.2. The molecular formula is C16H24N2O4S. The van der Waals surface area contributed by atoms with Gasteiger partial charge in [0.2, 0.25) is 0 Å². The molecule has 0 bridgehead atoms. The second-order valence-corrected chi connectivity index (χ2v) is 8.90. The van der Waals surface area contributed by atoms with Crippen LogP contribution >= 0.6 is 0 Å². The topological polar surface area (TPSA) is 79.6 Å². The van der Waals surface area contributed by atoms with Gasteiger partial charge in [0.05, 0.1) is 17.1 Å². The number of aryl methyl sites for hydroxylation is 2. The number of nitrogens with one attached hydrogen (secondary N) is 1. The molecule has 1 amide bonds. The molecule has 2 saturated heterocycles. The van der Waals surface area contributed by atoms with Gasteiger partial charge in [-0.05, 0) is 39.2 Å². The number of furan rings is 1. The summed E-state index contributed by atoms with van der Waals surface area (Å²) < 4.78 is 28.6. The highest BCUT2D eigenvalue weighted by molar-refractivity contribution is 7.91. The van der Waals surface area contributed by atoms with Crippen molar-refractivity contribution in [3.8, 4) is 0 Å². The summed E-state index contributed by atoms with van der Waals surface area (Å²) in [5, 5.41) is 3.07. The van der Waals surface area contributed by atoms with Crippen LogP contribution in [0.2, 0.25) is 0 Å². The maximum Gasteiger partial charge on any atom is 0.255 e. The molecule has 1 aromatic rings. The Hall–Kier alpha value is -1.34. The van der Waals surface area contributed by atoms with Crippen LogP contribution < -0.4 is 5.32 Å². The van der Waals surface area contributed by atoms with Crippen molar-refractivity contribution < 1.29 is 17.6 Å². The minimum atomic E-state index is -2.84. The molecule has 2 aliphatic rings. The molecule has 2 fully saturated rings. The van der Waals surface area contributed by atoms with Gasteiger partial charge in [-0.3, -0.25) is 9.69 Å². The summed E-state index contributed by atoms with van der Waals surface area (Å²) in [6, 6.07) is 2.07. The van der Waals surface area contributed by atoms with E-state index in [0.29, 0.717) is 17.1 Å². The predicted molar refractivity (Wildman–Crippen MR) is 87.3 cm³/mol. The van der Waals surface area contributed by atoms with E-state index in [1.54, 1.807) is 13.0 Å². The number of likely N-dealkylation sites (tertiary alicyclic amines) is 1. The molecule has 0 spiro atoms. The summed E-state index contributed by atoms with van der Waals surface area (Å²) in [7, 11) is -2.84. The van der Waals surface area contributed by atoms with Crippen LogP contribution in [0.3, 0.4) is 0 Å². The summed E-state index contributed by atoms with van der Waals surface area (Å²) in [6.45, 7) is 5.31. The molecule has 0 aromatic carbocycles. The van der Waals surface area contributed by atoms with E-state index in [2.05, 4.69) is 10.2 Å². The first kappa shape index (κ1) is 16.5. The Morgan fingerprint density at radius 3 is 2.48 bits per heavy atom. The van der Waals surface area contributed by atoms with Crippen molar-refractivity contribution in [3.05, 3.63) is 23.2 Å². The van der Waals surface area contributed by atoms with E-state index in [1.807, 2.05) is 6.92 Å². The van der Waals surface area contributed by atoms with E-state index in [0.717, 1.165) is 38.1 Å². The van der Waals surface area contributed by atoms with Crippen LogP contribution in [0.4, 0.5) is 0 Å². The number of amides is 1. The van der Waals surface area contributed by atoms with E-state index < -0.39 is 9.84 Å². The maximum atomic E-state index is 12.3. The Kier molecular flexibility index (Phi) is 4.51. The Labute approximate surface area is 137 Å². The molecule has 7 heteroatoms. The molecule has 3 heterocycles. The van der Waals surface area contributed by atoms with E-state index in [9.17, 15) is 13.2 Å². The number of hydrogen-bond acceptors (Lipinski definition) is 5. The molecule has 6 nitrogen and oxygen atoms in total. The van der Waals surface area contributed by atoms with Gasteiger partial charge in [0.15, 0.2) is 9.84 Å². The Morgan fingerprint density at radius 1 is 1.26 bits per heavy atom. The highest BCUT2D eigenvalue weighted by Crippen LogP contribution is 2.22. The van der Waals surface area contributed by atoms with Gasteiger partial charge >= 0.3 is 0 Å². The summed E-state index contributed by atoms with van der Waals surface area (Å²) in [5.74, 6) is 1.91. The fourth-order valence-electron chi connectivity index (χ4n) is 3.59. The standard InChI is InChI=1S/C16H24N2O4S/c1-11-9-15(12(2)22-11)16(19)17-13-3-6-18(7-4-13)14-5-8-23(20,21)10-14/h9,13-14H,3-8,10H2,1-2H3,(H,17,19). The van der Waals surface area contributed by atoms with Gasteiger partial charge in [-0.2, -0.15) is 0 Å². The second-order valence-electron chi connectivity index (χ2n) is 6.67. The molecule has 2 aliphatic heterocycles. The highest BCUT2D eigenvalue weighted by Gasteiger charge is 2.34. The van der Waals surface area contributed by atoms with Gasteiger partial charge in [-0.1, -0.05) is 0 Å². The van der Waals surface area contributed by atoms with Crippen LogP contribution in [0.15, 0.2) is 10.5 Å². The van der Waals surface area contributed by atoms with Crippen molar-refractivity contribution in [1.82, 2.24) is 10.2 Å². The minimum Gasteiger partial charge on any atom is -0.466 e. The first-order valence-electron chi connectivity index (χ1n) is 8.16. The van der Waals surface area contributed by atoms with Gasteiger partial charge in [-0.15, -0.1) is 0 Å². The van der Waals surface area contributed by atoms with Gasteiger partial charge in [0, 0.05) is 25.2 Å². The average molecular weight is 340 g/mol. The third-order valence-corrected chi connectivity index (χ3v) is 6.63. The lowest BCUT2D eigenvalue weighted by molar-refractivity contribution is 0.0896. The molecule has 3 rings (SSSR count). The fraction of sp³-hybridized carbons (Fsp3) is 0.688. The summed E-state index contributed by atoms with van der Waals surface area (Å²) in [6.07, 6.45) is 2.46. The Bertz CT molecular complexity index is 687. The number of hydrogen-bond donors (Lipinski definition) is 1. The molecule has 1 unspecified atom stereocenters. The number of sulfone groups is 1. The molecule has 1 aromatic heterocycles.